The maximum Gasteiger partial charge on any atom is 0.401 e. The van der Waals surface area contributed by atoms with Crippen LogP contribution in [-0.2, 0) is 0 Å². The second-order valence-electron chi connectivity index (χ2n) is 3.84. The van der Waals surface area contributed by atoms with Gasteiger partial charge in [0.05, 0.1) is 6.54 Å². The molecule has 0 aliphatic heterocycles. The van der Waals surface area contributed by atoms with Crippen LogP contribution in [0.2, 0.25) is 0 Å². The van der Waals surface area contributed by atoms with Crippen molar-refractivity contribution in [3.63, 3.8) is 0 Å². The average Bonchev–Trinajstić information content (AvgIpc) is 2.28. The van der Waals surface area contributed by atoms with Crippen molar-refractivity contribution < 1.29 is 13.2 Å². The van der Waals surface area contributed by atoms with E-state index in [1.54, 1.807) is 31.2 Å². The first kappa shape index (κ1) is 14.0. The summed E-state index contributed by atoms with van der Waals surface area (Å²) in [4.78, 5) is 1.34. The standard InChI is InChI=1S/C12H17F3N2/c1-2-17(9-12(13,14)15)11(8-16)10-6-4-3-5-7-10/h3-7,11H,2,8-9,16H2,1H3. The van der Waals surface area contributed by atoms with Crippen molar-refractivity contribution in [1.29, 1.82) is 0 Å². The zero-order valence-corrected chi connectivity index (χ0v) is 9.74. The molecule has 2 nitrogen and oxygen atoms in total. The van der Waals surface area contributed by atoms with Crippen LogP contribution in [0.1, 0.15) is 18.5 Å². The van der Waals surface area contributed by atoms with Gasteiger partial charge >= 0.3 is 6.18 Å². The Morgan fingerprint density at radius 2 is 1.82 bits per heavy atom. The van der Waals surface area contributed by atoms with Crippen LogP contribution in [-0.4, -0.2) is 30.7 Å². The maximum absolute atomic E-state index is 12.4. The Kier molecular flexibility index (Phi) is 4.96. The van der Waals surface area contributed by atoms with Crippen LogP contribution >= 0.6 is 0 Å². The van der Waals surface area contributed by atoms with E-state index in [-0.39, 0.29) is 12.6 Å². The summed E-state index contributed by atoms with van der Waals surface area (Å²) in [5.74, 6) is 0. The molecule has 96 valence electrons. The van der Waals surface area contributed by atoms with E-state index < -0.39 is 12.7 Å². The Morgan fingerprint density at radius 3 is 2.24 bits per heavy atom. The van der Waals surface area contributed by atoms with Gasteiger partial charge in [-0.1, -0.05) is 37.3 Å². The summed E-state index contributed by atoms with van der Waals surface area (Å²) in [5, 5.41) is 0. The molecule has 1 rings (SSSR count). The van der Waals surface area contributed by atoms with E-state index in [0.717, 1.165) is 5.56 Å². The lowest BCUT2D eigenvalue weighted by atomic mass is 10.1. The second-order valence-corrected chi connectivity index (χ2v) is 3.84. The number of alkyl halides is 3. The van der Waals surface area contributed by atoms with Crippen LogP contribution in [0.4, 0.5) is 13.2 Å². The van der Waals surface area contributed by atoms with Gasteiger partial charge in [-0.15, -0.1) is 0 Å². The molecule has 5 heteroatoms. The van der Waals surface area contributed by atoms with E-state index in [2.05, 4.69) is 0 Å². The fourth-order valence-electron chi connectivity index (χ4n) is 1.84. The van der Waals surface area contributed by atoms with E-state index >= 15 is 0 Å². The monoisotopic (exact) mass is 246 g/mol. The first-order chi connectivity index (χ1) is 7.98. The van der Waals surface area contributed by atoms with Gasteiger partial charge in [-0.25, -0.2) is 0 Å². The minimum Gasteiger partial charge on any atom is -0.329 e. The largest absolute Gasteiger partial charge is 0.401 e. The summed E-state index contributed by atoms with van der Waals surface area (Å²) >= 11 is 0. The number of nitrogens with zero attached hydrogens (tertiary/aromatic N) is 1. The summed E-state index contributed by atoms with van der Waals surface area (Å²) in [6.45, 7) is 1.27. The predicted molar refractivity (Wildman–Crippen MR) is 61.5 cm³/mol. The van der Waals surface area contributed by atoms with Gasteiger partial charge in [0.1, 0.15) is 0 Å². The van der Waals surface area contributed by atoms with Gasteiger partial charge in [-0.3, -0.25) is 4.90 Å². The number of hydrogen-bond acceptors (Lipinski definition) is 2. The molecule has 0 amide bonds. The molecule has 1 aromatic rings. The van der Waals surface area contributed by atoms with Gasteiger partial charge in [-0.05, 0) is 12.1 Å². The number of nitrogens with two attached hydrogens (primary N) is 1. The lowest BCUT2D eigenvalue weighted by molar-refractivity contribution is -0.150. The fourth-order valence-corrected chi connectivity index (χ4v) is 1.84. The highest BCUT2D eigenvalue weighted by Crippen LogP contribution is 2.24. The number of hydrogen-bond donors (Lipinski definition) is 1. The molecule has 0 spiro atoms. The van der Waals surface area contributed by atoms with E-state index in [0.29, 0.717) is 6.54 Å². The molecule has 2 N–H and O–H groups in total. The Balaban J connectivity index is 2.84. The number of benzene rings is 1. The Morgan fingerprint density at radius 1 is 1.24 bits per heavy atom. The van der Waals surface area contributed by atoms with Gasteiger partial charge in [0.2, 0.25) is 0 Å². The molecule has 0 radical (unpaired) electrons. The quantitative estimate of drug-likeness (QED) is 0.865. The molecule has 0 aliphatic carbocycles. The Labute approximate surface area is 99.2 Å². The first-order valence-corrected chi connectivity index (χ1v) is 5.53. The van der Waals surface area contributed by atoms with Gasteiger partial charge in [0.15, 0.2) is 0 Å². The molecular formula is C12H17F3N2. The third-order valence-electron chi connectivity index (χ3n) is 2.64. The van der Waals surface area contributed by atoms with Crippen molar-refractivity contribution in [3.05, 3.63) is 35.9 Å². The number of rotatable bonds is 5. The van der Waals surface area contributed by atoms with Crippen LogP contribution in [0.3, 0.4) is 0 Å². The van der Waals surface area contributed by atoms with Crippen molar-refractivity contribution in [2.45, 2.75) is 19.1 Å². The van der Waals surface area contributed by atoms with Gasteiger partial charge in [-0.2, -0.15) is 13.2 Å². The third kappa shape index (κ3) is 4.36. The molecule has 0 fully saturated rings. The van der Waals surface area contributed by atoms with Crippen molar-refractivity contribution in [2.24, 2.45) is 5.73 Å². The molecular weight excluding hydrogens is 229 g/mol. The molecule has 17 heavy (non-hydrogen) atoms. The topological polar surface area (TPSA) is 29.3 Å². The van der Waals surface area contributed by atoms with Crippen molar-refractivity contribution >= 4 is 0 Å². The summed E-state index contributed by atoms with van der Waals surface area (Å²) in [6, 6.07) is 8.66. The van der Waals surface area contributed by atoms with E-state index in [1.165, 1.54) is 4.90 Å². The van der Waals surface area contributed by atoms with Crippen molar-refractivity contribution in [2.75, 3.05) is 19.6 Å². The first-order valence-electron chi connectivity index (χ1n) is 5.53. The van der Waals surface area contributed by atoms with Crippen LogP contribution < -0.4 is 5.73 Å². The van der Waals surface area contributed by atoms with Crippen LogP contribution in [0.15, 0.2) is 30.3 Å². The van der Waals surface area contributed by atoms with E-state index in [4.69, 9.17) is 5.73 Å². The highest BCUT2D eigenvalue weighted by Gasteiger charge is 2.33. The van der Waals surface area contributed by atoms with Crippen molar-refractivity contribution in [1.82, 2.24) is 4.90 Å². The molecule has 0 saturated heterocycles. The molecule has 1 aromatic carbocycles. The van der Waals surface area contributed by atoms with Crippen molar-refractivity contribution in [3.8, 4) is 0 Å². The number of likely N-dealkylation sites (N-methyl/N-ethyl adjacent to an activating group) is 1. The smallest absolute Gasteiger partial charge is 0.329 e. The van der Waals surface area contributed by atoms with Gasteiger partial charge in [0.25, 0.3) is 0 Å². The number of halogens is 3. The SMILES string of the molecule is CCN(CC(F)(F)F)C(CN)c1ccccc1. The molecule has 0 aromatic heterocycles. The van der Waals surface area contributed by atoms with Crippen LogP contribution in [0.5, 0.6) is 0 Å². The molecule has 1 atom stereocenters. The fraction of sp³-hybridized carbons (Fsp3) is 0.500. The molecule has 0 heterocycles. The minimum absolute atomic E-state index is 0.175. The summed E-state index contributed by atoms with van der Waals surface area (Å²) < 4.78 is 37.3. The maximum atomic E-state index is 12.4. The van der Waals surface area contributed by atoms with E-state index in [1.807, 2.05) is 6.07 Å². The zero-order valence-electron chi connectivity index (χ0n) is 9.74. The molecule has 0 saturated carbocycles. The van der Waals surface area contributed by atoms with E-state index in [9.17, 15) is 13.2 Å². The van der Waals surface area contributed by atoms with Crippen LogP contribution in [0.25, 0.3) is 0 Å². The van der Waals surface area contributed by atoms with Gasteiger partial charge in [0, 0.05) is 12.6 Å². The third-order valence-corrected chi connectivity index (χ3v) is 2.64. The highest BCUT2D eigenvalue weighted by atomic mass is 19.4. The molecule has 0 aliphatic rings. The van der Waals surface area contributed by atoms with Gasteiger partial charge < -0.3 is 5.73 Å². The second kappa shape index (κ2) is 6.02. The highest BCUT2D eigenvalue weighted by molar-refractivity contribution is 5.19. The summed E-state index contributed by atoms with van der Waals surface area (Å²) in [6.07, 6.45) is -4.20. The lowest BCUT2D eigenvalue weighted by Crippen LogP contribution is -2.40. The molecule has 1 unspecified atom stereocenters. The zero-order chi connectivity index (χ0) is 12.9. The predicted octanol–water partition coefficient (Wildman–Crippen LogP) is 2.57. The molecule has 0 bridgehead atoms. The summed E-state index contributed by atoms with van der Waals surface area (Å²) in [5.41, 5.74) is 6.41. The Hall–Kier alpha value is -1.07. The summed E-state index contributed by atoms with van der Waals surface area (Å²) in [7, 11) is 0. The normalized spacial score (nSPS) is 14.0. The lowest BCUT2D eigenvalue weighted by Gasteiger charge is -2.30. The average molecular weight is 246 g/mol. The van der Waals surface area contributed by atoms with Crippen LogP contribution in [0, 0.1) is 0 Å². The Bertz CT molecular complexity index is 324. The minimum atomic E-state index is -4.20.